The van der Waals surface area contributed by atoms with Gasteiger partial charge >= 0.3 is 5.97 Å². The Labute approximate surface area is 115 Å². The lowest BCUT2D eigenvalue weighted by molar-refractivity contribution is -0.150. The second-order valence-corrected chi connectivity index (χ2v) is 5.97. The molecule has 0 aliphatic carbocycles. The van der Waals surface area contributed by atoms with E-state index in [2.05, 4.69) is 4.98 Å². The lowest BCUT2D eigenvalue weighted by atomic mass is 9.82. The number of rotatable bonds is 3. The quantitative estimate of drug-likeness (QED) is 0.860. The number of thiazole rings is 1. The number of piperidine rings is 1. The van der Waals surface area contributed by atoms with Crippen molar-refractivity contribution < 1.29 is 14.7 Å². The second-order valence-electron chi connectivity index (χ2n) is 5.03. The summed E-state index contributed by atoms with van der Waals surface area (Å²) in [6.07, 6.45) is 1.29. The molecule has 0 aromatic carbocycles. The smallest absolute Gasteiger partial charge is 0.311 e. The van der Waals surface area contributed by atoms with Crippen LogP contribution in [0.3, 0.4) is 0 Å². The average molecular weight is 283 g/mol. The number of likely N-dealkylation sites (tertiary alicyclic amines) is 1. The third kappa shape index (κ3) is 2.76. The molecule has 2 heterocycles. The number of aliphatic carboxylic acids is 1. The van der Waals surface area contributed by atoms with E-state index in [9.17, 15) is 14.7 Å². The molecule has 1 aliphatic rings. The summed E-state index contributed by atoms with van der Waals surface area (Å²) < 4.78 is 0. The van der Waals surface area contributed by atoms with Crippen LogP contribution >= 0.6 is 11.3 Å². The molecule has 1 aromatic heterocycles. The zero-order valence-electron chi connectivity index (χ0n) is 10.8. The predicted octanol–water partition coefficient (Wildman–Crippen LogP) is 0.929. The third-order valence-corrected chi connectivity index (χ3v) is 4.32. The van der Waals surface area contributed by atoms with Crippen LogP contribution in [0, 0.1) is 5.41 Å². The van der Waals surface area contributed by atoms with Crippen LogP contribution in [0.4, 0.5) is 0 Å². The standard InChI is InChI=1S/C12H17N3O3S/c1-12(11(17)18)3-2-4-15(7-12)10(16)8-6-19-9(5-13)14-8/h6H,2-5,7,13H2,1H3,(H,17,18). The van der Waals surface area contributed by atoms with Gasteiger partial charge in [0.1, 0.15) is 10.7 Å². The molecular weight excluding hydrogens is 266 g/mol. The van der Waals surface area contributed by atoms with Crippen LogP contribution in [0.5, 0.6) is 0 Å². The van der Waals surface area contributed by atoms with Gasteiger partial charge < -0.3 is 15.7 Å². The monoisotopic (exact) mass is 283 g/mol. The van der Waals surface area contributed by atoms with Crippen LogP contribution in [-0.2, 0) is 11.3 Å². The van der Waals surface area contributed by atoms with Gasteiger partial charge in [-0.05, 0) is 19.8 Å². The molecule has 19 heavy (non-hydrogen) atoms. The maximum absolute atomic E-state index is 12.3. The summed E-state index contributed by atoms with van der Waals surface area (Å²) in [5.74, 6) is -1.06. The van der Waals surface area contributed by atoms with E-state index in [1.165, 1.54) is 11.3 Å². The van der Waals surface area contributed by atoms with Crippen molar-refractivity contribution >= 4 is 23.2 Å². The van der Waals surface area contributed by atoms with E-state index < -0.39 is 11.4 Å². The van der Waals surface area contributed by atoms with E-state index in [4.69, 9.17) is 5.73 Å². The van der Waals surface area contributed by atoms with Crippen molar-refractivity contribution in [2.75, 3.05) is 13.1 Å². The molecule has 1 unspecified atom stereocenters. The van der Waals surface area contributed by atoms with Crippen molar-refractivity contribution in [1.82, 2.24) is 9.88 Å². The molecule has 104 valence electrons. The Balaban J connectivity index is 2.13. The van der Waals surface area contributed by atoms with Crippen LogP contribution in [0.2, 0.25) is 0 Å². The second kappa shape index (κ2) is 5.26. The third-order valence-electron chi connectivity index (χ3n) is 3.45. The molecule has 1 amide bonds. The van der Waals surface area contributed by atoms with Crippen LogP contribution in [0.1, 0.15) is 35.3 Å². The largest absolute Gasteiger partial charge is 0.481 e. The van der Waals surface area contributed by atoms with E-state index in [1.807, 2.05) is 0 Å². The van der Waals surface area contributed by atoms with Gasteiger partial charge in [0.15, 0.2) is 0 Å². The molecule has 6 nitrogen and oxygen atoms in total. The van der Waals surface area contributed by atoms with Gasteiger partial charge in [-0.25, -0.2) is 4.98 Å². The van der Waals surface area contributed by atoms with Crippen molar-refractivity contribution in [1.29, 1.82) is 0 Å². The minimum Gasteiger partial charge on any atom is -0.481 e. The Morgan fingerprint density at radius 3 is 2.95 bits per heavy atom. The molecule has 0 spiro atoms. The molecule has 0 saturated carbocycles. The topological polar surface area (TPSA) is 96.5 Å². The van der Waals surface area contributed by atoms with Gasteiger partial charge in [-0.3, -0.25) is 9.59 Å². The number of carboxylic acids is 1. The number of nitrogens with zero attached hydrogens (tertiary/aromatic N) is 2. The van der Waals surface area contributed by atoms with Crippen molar-refractivity contribution in [2.24, 2.45) is 11.1 Å². The molecule has 1 saturated heterocycles. The highest BCUT2D eigenvalue weighted by Crippen LogP contribution is 2.30. The maximum Gasteiger partial charge on any atom is 0.311 e. The van der Waals surface area contributed by atoms with Crippen LogP contribution in [0.15, 0.2) is 5.38 Å². The molecular formula is C12H17N3O3S. The fraction of sp³-hybridized carbons (Fsp3) is 0.583. The Kier molecular flexibility index (Phi) is 3.86. The highest BCUT2D eigenvalue weighted by molar-refractivity contribution is 7.09. The number of carboxylic acid groups (broad SMARTS) is 1. The minimum atomic E-state index is -0.860. The number of carbonyl (C=O) groups is 2. The van der Waals surface area contributed by atoms with Crippen LogP contribution in [-0.4, -0.2) is 40.0 Å². The molecule has 1 fully saturated rings. The molecule has 7 heteroatoms. The maximum atomic E-state index is 12.3. The summed E-state index contributed by atoms with van der Waals surface area (Å²) in [5.41, 5.74) is 4.97. The van der Waals surface area contributed by atoms with Crippen molar-refractivity contribution in [3.63, 3.8) is 0 Å². The molecule has 3 N–H and O–H groups in total. The molecule has 1 atom stereocenters. The minimum absolute atomic E-state index is 0.205. The van der Waals surface area contributed by atoms with E-state index in [-0.39, 0.29) is 12.5 Å². The van der Waals surface area contributed by atoms with E-state index >= 15 is 0 Å². The fourth-order valence-corrected chi connectivity index (χ4v) is 2.90. The molecule has 2 rings (SSSR count). The summed E-state index contributed by atoms with van der Waals surface area (Å²) in [4.78, 5) is 29.3. The zero-order chi connectivity index (χ0) is 14.0. The van der Waals surface area contributed by atoms with Gasteiger partial charge in [0.05, 0.1) is 5.41 Å². The van der Waals surface area contributed by atoms with Gasteiger partial charge in [-0.1, -0.05) is 0 Å². The summed E-state index contributed by atoms with van der Waals surface area (Å²) in [7, 11) is 0. The van der Waals surface area contributed by atoms with Gasteiger partial charge in [-0.15, -0.1) is 11.3 Å². The van der Waals surface area contributed by atoms with Gasteiger partial charge in [0.25, 0.3) is 5.91 Å². The lowest BCUT2D eigenvalue weighted by Gasteiger charge is -2.37. The molecule has 0 bridgehead atoms. The number of nitrogens with two attached hydrogens (primary N) is 1. The Morgan fingerprint density at radius 2 is 2.37 bits per heavy atom. The first-order valence-electron chi connectivity index (χ1n) is 6.13. The highest BCUT2D eigenvalue weighted by Gasteiger charge is 2.39. The SMILES string of the molecule is CC1(C(=O)O)CCCN(C(=O)c2csc(CN)n2)C1. The number of aromatic nitrogens is 1. The molecule has 0 radical (unpaired) electrons. The van der Waals surface area contributed by atoms with Crippen molar-refractivity contribution in [3.8, 4) is 0 Å². The van der Waals surface area contributed by atoms with Gasteiger partial charge in [0.2, 0.25) is 0 Å². The molecule has 1 aromatic rings. The normalized spacial score (nSPS) is 23.4. The highest BCUT2D eigenvalue weighted by atomic mass is 32.1. The Hall–Kier alpha value is -1.47. The summed E-state index contributed by atoms with van der Waals surface area (Å²) in [5, 5.41) is 11.6. The average Bonchev–Trinajstić information content (AvgIpc) is 2.86. The summed E-state index contributed by atoms with van der Waals surface area (Å²) in [6.45, 7) is 2.81. The van der Waals surface area contributed by atoms with E-state index in [0.29, 0.717) is 36.6 Å². The Bertz CT molecular complexity index is 502. The van der Waals surface area contributed by atoms with E-state index in [1.54, 1.807) is 17.2 Å². The van der Waals surface area contributed by atoms with Crippen molar-refractivity contribution in [2.45, 2.75) is 26.3 Å². The fourth-order valence-electron chi connectivity index (χ4n) is 2.25. The first-order valence-corrected chi connectivity index (χ1v) is 7.01. The van der Waals surface area contributed by atoms with E-state index in [0.717, 1.165) is 0 Å². The first kappa shape index (κ1) is 14.0. The van der Waals surface area contributed by atoms with Gasteiger partial charge in [-0.2, -0.15) is 0 Å². The number of amides is 1. The Morgan fingerprint density at radius 1 is 1.63 bits per heavy atom. The van der Waals surface area contributed by atoms with Crippen LogP contribution < -0.4 is 5.73 Å². The number of carbonyl (C=O) groups excluding carboxylic acids is 1. The molecule has 1 aliphatic heterocycles. The zero-order valence-corrected chi connectivity index (χ0v) is 11.6. The number of hydrogen-bond acceptors (Lipinski definition) is 5. The first-order chi connectivity index (χ1) is 8.96. The van der Waals surface area contributed by atoms with Gasteiger partial charge in [0, 0.05) is 25.0 Å². The summed E-state index contributed by atoms with van der Waals surface area (Å²) >= 11 is 1.35. The van der Waals surface area contributed by atoms with Crippen LogP contribution in [0.25, 0.3) is 0 Å². The number of hydrogen-bond donors (Lipinski definition) is 2. The van der Waals surface area contributed by atoms with Crippen molar-refractivity contribution in [3.05, 3.63) is 16.1 Å². The lowest BCUT2D eigenvalue weighted by Crippen LogP contribution is -2.48. The summed E-state index contributed by atoms with van der Waals surface area (Å²) in [6, 6.07) is 0. The predicted molar refractivity (Wildman–Crippen MR) is 70.9 cm³/mol.